The van der Waals surface area contributed by atoms with Crippen molar-refractivity contribution in [1.29, 1.82) is 0 Å². The van der Waals surface area contributed by atoms with Gasteiger partial charge in [0.25, 0.3) is 0 Å². The largest absolute Gasteiger partial charge is 0.309 e. The third-order valence-electron chi connectivity index (χ3n) is 13.8. The fraction of sp³-hybridized carbons (Fsp3) is 0.133. The lowest BCUT2D eigenvalue weighted by atomic mass is 9.74. The van der Waals surface area contributed by atoms with Gasteiger partial charge < -0.3 is 4.90 Å². The number of fused-ring (bicyclic) bond motifs is 4. The Morgan fingerprint density at radius 3 is 1.66 bits per heavy atom. The molecule has 1 nitrogen and oxygen atoms in total. The molecule has 1 heteroatoms. The average molecular weight is 784 g/mol. The van der Waals surface area contributed by atoms with Crippen LogP contribution in [0, 0.1) is 0 Å². The van der Waals surface area contributed by atoms with Crippen molar-refractivity contribution in [3.8, 4) is 44.5 Å². The first-order valence-electron chi connectivity index (χ1n) is 22.1. The summed E-state index contributed by atoms with van der Waals surface area (Å²) in [7, 11) is 0. The van der Waals surface area contributed by atoms with Crippen molar-refractivity contribution in [1.82, 2.24) is 0 Å². The average Bonchev–Trinajstić information content (AvgIpc) is 3.61. The molecule has 61 heavy (non-hydrogen) atoms. The smallest absolute Gasteiger partial charge is 0.0543 e. The molecule has 294 valence electrons. The van der Waals surface area contributed by atoms with Crippen molar-refractivity contribution < 1.29 is 0 Å². The van der Waals surface area contributed by atoms with Crippen molar-refractivity contribution >= 4 is 27.8 Å². The van der Waals surface area contributed by atoms with Crippen LogP contribution in [0.3, 0.4) is 0 Å². The molecule has 2 aliphatic carbocycles. The Labute approximate surface area is 360 Å². The minimum absolute atomic E-state index is 0.311. The maximum absolute atomic E-state index is 2.55. The fourth-order valence-electron chi connectivity index (χ4n) is 10.7. The van der Waals surface area contributed by atoms with Gasteiger partial charge in [0.15, 0.2) is 0 Å². The molecule has 0 aromatic heterocycles. The maximum atomic E-state index is 2.55. The van der Waals surface area contributed by atoms with Crippen LogP contribution in [0.4, 0.5) is 17.1 Å². The molecule has 1 fully saturated rings. The van der Waals surface area contributed by atoms with E-state index in [1.165, 1.54) is 121 Å². The molecule has 0 heterocycles. The van der Waals surface area contributed by atoms with E-state index in [0.29, 0.717) is 5.92 Å². The first kappa shape index (κ1) is 37.1. The van der Waals surface area contributed by atoms with E-state index in [0.717, 1.165) is 5.69 Å². The Hall–Kier alpha value is -6.96. The lowest BCUT2D eigenvalue weighted by Crippen LogP contribution is -2.22. The number of para-hydroxylation sites is 1. The van der Waals surface area contributed by atoms with Crippen molar-refractivity contribution in [2.75, 3.05) is 4.90 Å². The highest BCUT2D eigenvalue weighted by Crippen LogP contribution is 2.57. The third-order valence-corrected chi connectivity index (χ3v) is 13.8. The SMILES string of the molecule is CC1(c2ccccc2)c2ccccc2-c2c(N(c3ccc(-c4ccc(-c5ccccc5)cc4)cc3)c3ccccc3-c3cccc4cccc(C5CCCCC5)c34)cccc21. The minimum Gasteiger partial charge on any atom is -0.309 e. The minimum atomic E-state index is -0.311. The van der Waals surface area contributed by atoms with Gasteiger partial charge in [-0.3, -0.25) is 0 Å². The number of benzene rings is 9. The Kier molecular flexibility index (Phi) is 9.46. The summed E-state index contributed by atoms with van der Waals surface area (Å²) in [5, 5.41) is 2.72. The number of rotatable bonds is 8. The second-order valence-corrected chi connectivity index (χ2v) is 17.2. The topological polar surface area (TPSA) is 3.24 Å². The Bertz CT molecular complexity index is 2990. The second-order valence-electron chi connectivity index (χ2n) is 17.2. The first-order chi connectivity index (χ1) is 30.2. The number of hydrogen-bond donors (Lipinski definition) is 0. The van der Waals surface area contributed by atoms with Crippen LogP contribution in [0.5, 0.6) is 0 Å². The molecular formula is C60H49N. The van der Waals surface area contributed by atoms with E-state index in [4.69, 9.17) is 0 Å². The highest BCUT2D eigenvalue weighted by Gasteiger charge is 2.42. The molecule has 9 aromatic rings. The van der Waals surface area contributed by atoms with E-state index < -0.39 is 0 Å². The van der Waals surface area contributed by atoms with Gasteiger partial charge in [-0.1, -0.05) is 207 Å². The number of anilines is 3. The molecule has 0 spiro atoms. The second kappa shape index (κ2) is 15.6. The van der Waals surface area contributed by atoms with Crippen LogP contribution in [-0.2, 0) is 5.41 Å². The van der Waals surface area contributed by atoms with Crippen LogP contribution in [-0.4, -0.2) is 0 Å². The van der Waals surface area contributed by atoms with Gasteiger partial charge >= 0.3 is 0 Å². The lowest BCUT2D eigenvalue weighted by molar-refractivity contribution is 0.445. The summed E-state index contributed by atoms with van der Waals surface area (Å²) in [4.78, 5) is 2.55. The quantitative estimate of drug-likeness (QED) is 0.148. The Morgan fingerprint density at radius 1 is 0.410 bits per heavy atom. The van der Waals surface area contributed by atoms with Crippen LogP contribution >= 0.6 is 0 Å². The molecule has 0 aliphatic heterocycles. The molecule has 0 amide bonds. The molecule has 0 N–H and O–H groups in total. The summed E-state index contributed by atoms with van der Waals surface area (Å²) in [5.74, 6) is 0.584. The zero-order chi connectivity index (χ0) is 40.8. The van der Waals surface area contributed by atoms with Crippen LogP contribution in [0.1, 0.15) is 67.2 Å². The van der Waals surface area contributed by atoms with Gasteiger partial charge in [-0.15, -0.1) is 0 Å². The predicted molar refractivity (Wildman–Crippen MR) is 258 cm³/mol. The van der Waals surface area contributed by atoms with E-state index in [1.807, 2.05) is 0 Å². The predicted octanol–water partition coefficient (Wildman–Crippen LogP) is 16.7. The number of hydrogen-bond acceptors (Lipinski definition) is 1. The standard InChI is InChI=1S/C60H49N/c1-60(48-24-9-4-10-25-48)54-30-13-11-27-53(54)59-55(60)31-17-33-57(59)61(49-40-38-45(39-41-49)44-36-34-43(35-37-44)42-18-5-2-6-19-42)56-32-14-12-26-51(56)52-29-16-23-47-22-15-28-50(58(47)52)46-20-7-3-8-21-46/h2,4-6,9-19,22-41,46H,3,7-8,20-21H2,1H3. The summed E-state index contributed by atoms with van der Waals surface area (Å²) in [6.45, 7) is 2.41. The van der Waals surface area contributed by atoms with Gasteiger partial charge in [-0.05, 0) is 116 Å². The van der Waals surface area contributed by atoms with Gasteiger partial charge in [0, 0.05) is 22.2 Å². The van der Waals surface area contributed by atoms with Crippen LogP contribution in [0.2, 0.25) is 0 Å². The van der Waals surface area contributed by atoms with E-state index in [1.54, 1.807) is 0 Å². The maximum Gasteiger partial charge on any atom is 0.0543 e. The van der Waals surface area contributed by atoms with Gasteiger partial charge in [0.1, 0.15) is 0 Å². The van der Waals surface area contributed by atoms with Crippen LogP contribution < -0.4 is 4.90 Å². The Balaban J connectivity index is 1.12. The molecule has 1 unspecified atom stereocenters. The van der Waals surface area contributed by atoms with Crippen LogP contribution in [0.25, 0.3) is 55.3 Å². The first-order valence-corrected chi connectivity index (χ1v) is 22.1. The molecule has 1 atom stereocenters. The summed E-state index contributed by atoms with van der Waals surface area (Å²) in [6, 6.07) is 79.0. The van der Waals surface area contributed by atoms with E-state index in [2.05, 4.69) is 224 Å². The van der Waals surface area contributed by atoms with Crippen molar-refractivity contribution in [3.63, 3.8) is 0 Å². The summed E-state index contributed by atoms with van der Waals surface area (Å²) in [5.41, 5.74) is 18.7. The highest BCUT2D eigenvalue weighted by molar-refractivity contribution is 6.05. The number of nitrogens with zero attached hydrogens (tertiary/aromatic N) is 1. The fourth-order valence-corrected chi connectivity index (χ4v) is 10.7. The van der Waals surface area contributed by atoms with Crippen molar-refractivity contribution in [3.05, 3.63) is 235 Å². The molecule has 9 aromatic carbocycles. The molecular weight excluding hydrogens is 735 g/mol. The normalized spacial score (nSPS) is 16.0. The lowest BCUT2D eigenvalue weighted by Gasteiger charge is -2.32. The van der Waals surface area contributed by atoms with E-state index in [-0.39, 0.29) is 5.41 Å². The molecule has 11 rings (SSSR count). The molecule has 0 saturated heterocycles. The molecule has 0 radical (unpaired) electrons. The van der Waals surface area contributed by atoms with E-state index in [9.17, 15) is 0 Å². The Morgan fingerprint density at radius 2 is 0.934 bits per heavy atom. The van der Waals surface area contributed by atoms with Gasteiger partial charge in [-0.25, -0.2) is 0 Å². The highest BCUT2D eigenvalue weighted by atomic mass is 15.1. The van der Waals surface area contributed by atoms with Crippen molar-refractivity contribution in [2.24, 2.45) is 0 Å². The van der Waals surface area contributed by atoms with Crippen molar-refractivity contribution in [2.45, 2.75) is 50.4 Å². The monoisotopic (exact) mass is 783 g/mol. The van der Waals surface area contributed by atoms with Gasteiger partial charge in [-0.2, -0.15) is 0 Å². The van der Waals surface area contributed by atoms with Crippen LogP contribution in [0.15, 0.2) is 212 Å². The van der Waals surface area contributed by atoms with E-state index >= 15 is 0 Å². The third kappa shape index (κ3) is 6.39. The summed E-state index contributed by atoms with van der Waals surface area (Å²) in [6.07, 6.45) is 6.49. The van der Waals surface area contributed by atoms with Gasteiger partial charge in [0.2, 0.25) is 0 Å². The molecule has 1 saturated carbocycles. The zero-order valence-corrected chi connectivity index (χ0v) is 34.8. The summed E-state index contributed by atoms with van der Waals surface area (Å²) >= 11 is 0. The van der Waals surface area contributed by atoms with Gasteiger partial charge in [0.05, 0.1) is 11.4 Å². The molecule has 2 aliphatic rings. The zero-order valence-electron chi connectivity index (χ0n) is 34.8. The molecule has 0 bridgehead atoms. The summed E-state index contributed by atoms with van der Waals surface area (Å²) < 4.78 is 0.